The number of halogens is 2. The number of hydrogen-bond acceptors (Lipinski definition) is 4. The largest absolute Gasteiger partial charge is 0.379 e. The van der Waals surface area contributed by atoms with Crippen molar-refractivity contribution < 1.29 is 13.9 Å². The van der Waals surface area contributed by atoms with E-state index in [4.69, 9.17) is 16.3 Å². The lowest BCUT2D eigenvalue weighted by molar-refractivity contribution is -0.127. The zero-order chi connectivity index (χ0) is 22.3. The highest BCUT2D eigenvalue weighted by atomic mass is 35.5. The molecule has 1 amide bonds. The summed E-state index contributed by atoms with van der Waals surface area (Å²) in [4.78, 5) is 19.3. The monoisotopic (exact) mass is 457 g/mol. The Morgan fingerprint density at radius 1 is 0.938 bits per heavy atom. The number of piperazine rings is 1. The van der Waals surface area contributed by atoms with E-state index in [1.54, 1.807) is 6.08 Å². The molecule has 0 unspecified atom stereocenters. The summed E-state index contributed by atoms with van der Waals surface area (Å²) >= 11 is 6.23. The van der Waals surface area contributed by atoms with Gasteiger partial charge in [-0.1, -0.05) is 29.8 Å². The molecule has 0 aromatic heterocycles. The van der Waals surface area contributed by atoms with Crippen LogP contribution in [-0.4, -0.2) is 73.1 Å². The first-order valence-electron chi connectivity index (χ1n) is 11.1. The van der Waals surface area contributed by atoms with Crippen molar-refractivity contribution in [1.29, 1.82) is 0 Å². The van der Waals surface area contributed by atoms with Crippen LogP contribution in [0.5, 0.6) is 0 Å². The third-order valence-electron chi connectivity index (χ3n) is 6.01. The Morgan fingerprint density at radius 2 is 1.62 bits per heavy atom. The van der Waals surface area contributed by atoms with Crippen LogP contribution in [0, 0.1) is 5.82 Å². The Balaban J connectivity index is 1.32. The summed E-state index contributed by atoms with van der Waals surface area (Å²) in [7, 11) is 0. The van der Waals surface area contributed by atoms with Crippen molar-refractivity contribution >= 4 is 23.6 Å². The molecule has 0 spiro atoms. The molecule has 0 aliphatic carbocycles. The van der Waals surface area contributed by atoms with Gasteiger partial charge in [0.2, 0.25) is 5.91 Å². The van der Waals surface area contributed by atoms with E-state index < -0.39 is 0 Å². The fourth-order valence-electron chi connectivity index (χ4n) is 4.11. The number of benzene rings is 2. The number of rotatable bonds is 6. The molecule has 2 aromatic carbocycles. The van der Waals surface area contributed by atoms with Crippen LogP contribution in [0.4, 0.5) is 4.39 Å². The van der Waals surface area contributed by atoms with E-state index in [0.717, 1.165) is 69.2 Å². The van der Waals surface area contributed by atoms with Crippen molar-refractivity contribution in [2.75, 3.05) is 52.5 Å². The molecule has 0 atom stereocenters. The molecule has 2 fully saturated rings. The summed E-state index contributed by atoms with van der Waals surface area (Å²) in [5, 5.41) is 0.703. The van der Waals surface area contributed by atoms with Gasteiger partial charge in [-0.15, -0.1) is 0 Å². The molecule has 0 bridgehead atoms. The van der Waals surface area contributed by atoms with Crippen LogP contribution in [-0.2, 0) is 22.6 Å². The summed E-state index contributed by atoms with van der Waals surface area (Å²) in [6.07, 6.45) is 3.57. The minimum absolute atomic E-state index is 0.0266. The molecule has 4 rings (SSSR count). The quantitative estimate of drug-likeness (QED) is 0.620. The highest BCUT2D eigenvalue weighted by molar-refractivity contribution is 6.30. The van der Waals surface area contributed by atoms with Crippen LogP contribution in [0.1, 0.15) is 16.7 Å². The number of nitrogens with zero attached hydrogens (tertiary/aromatic N) is 3. The SMILES string of the molecule is O=C(/C=C/c1ccc(Cl)cc1CN1CCOCC1)N1CCN(Cc2ccc(F)cc2)CC1. The fourth-order valence-corrected chi connectivity index (χ4v) is 4.31. The van der Waals surface area contributed by atoms with Crippen molar-refractivity contribution in [2.45, 2.75) is 13.1 Å². The van der Waals surface area contributed by atoms with Crippen molar-refractivity contribution in [3.63, 3.8) is 0 Å². The van der Waals surface area contributed by atoms with Gasteiger partial charge in [0, 0.05) is 63.5 Å². The van der Waals surface area contributed by atoms with Gasteiger partial charge in [0.25, 0.3) is 0 Å². The molecule has 7 heteroatoms. The fraction of sp³-hybridized carbons (Fsp3) is 0.400. The van der Waals surface area contributed by atoms with Gasteiger partial charge in [-0.05, 0) is 47.0 Å². The second-order valence-electron chi connectivity index (χ2n) is 8.29. The van der Waals surface area contributed by atoms with Gasteiger partial charge in [-0.3, -0.25) is 14.6 Å². The number of amides is 1. The molecular weight excluding hydrogens is 429 g/mol. The molecule has 2 heterocycles. The van der Waals surface area contributed by atoms with Gasteiger partial charge in [0.05, 0.1) is 13.2 Å². The first-order chi connectivity index (χ1) is 15.6. The molecule has 5 nitrogen and oxygen atoms in total. The van der Waals surface area contributed by atoms with E-state index in [2.05, 4.69) is 9.80 Å². The standard InChI is InChI=1S/C25H29ClFN3O2/c26-23-5-3-21(22(17-23)19-29-13-15-32-16-14-29)4-8-25(31)30-11-9-28(10-12-30)18-20-1-6-24(27)7-2-20/h1-8,17H,9-16,18-19H2/b8-4+. The van der Waals surface area contributed by atoms with E-state index in [1.165, 1.54) is 12.1 Å². The van der Waals surface area contributed by atoms with Crippen LogP contribution < -0.4 is 0 Å². The van der Waals surface area contributed by atoms with Crippen LogP contribution in [0.25, 0.3) is 6.08 Å². The molecular formula is C25H29ClFN3O2. The summed E-state index contributed by atoms with van der Waals surface area (Å²) in [5.41, 5.74) is 3.22. The Morgan fingerprint density at radius 3 is 2.34 bits per heavy atom. The van der Waals surface area contributed by atoms with Gasteiger partial charge < -0.3 is 9.64 Å². The van der Waals surface area contributed by atoms with E-state index >= 15 is 0 Å². The number of carbonyl (C=O) groups excluding carboxylic acids is 1. The predicted octanol–water partition coefficient (Wildman–Crippen LogP) is 3.67. The maximum absolute atomic E-state index is 13.1. The third kappa shape index (κ3) is 6.39. The normalized spacial score (nSPS) is 18.4. The molecule has 170 valence electrons. The molecule has 0 N–H and O–H groups in total. The molecule has 32 heavy (non-hydrogen) atoms. The van der Waals surface area contributed by atoms with Crippen molar-refractivity contribution in [1.82, 2.24) is 14.7 Å². The number of carbonyl (C=O) groups is 1. The molecule has 0 radical (unpaired) electrons. The smallest absolute Gasteiger partial charge is 0.246 e. The Labute approximate surface area is 194 Å². The van der Waals surface area contributed by atoms with E-state index in [-0.39, 0.29) is 11.7 Å². The van der Waals surface area contributed by atoms with Crippen molar-refractivity contribution in [3.8, 4) is 0 Å². The highest BCUT2D eigenvalue weighted by Gasteiger charge is 2.20. The zero-order valence-corrected chi connectivity index (χ0v) is 18.9. The number of ether oxygens (including phenoxy) is 1. The first kappa shape index (κ1) is 22.9. The molecule has 2 aromatic rings. The number of morpholine rings is 1. The van der Waals surface area contributed by atoms with E-state index in [9.17, 15) is 9.18 Å². The number of hydrogen-bond donors (Lipinski definition) is 0. The van der Waals surface area contributed by atoms with Gasteiger partial charge >= 0.3 is 0 Å². The van der Waals surface area contributed by atoms with Crippen LogP contribution in [0.3, 0.4) is 0 Å². The Kier molecular flexibility index (Phi) is 7.92. The molecule has 0 saturated carbocycles. The summed E-state index contributed by atoms with van der Waals surface area (Å²) in [6.45, 7) is 7.84. The topological polar surface area (TPSA) is 36.0 Å². The minimum Gasteiger partial charge on any atom is -0.379 e. The van der Waals surface area contributed by atoms with Crippen LogP contribution in [0.15, 0.2) is 48.5 Å². The van der Waals surface area contributed by atoms with Gasteiger partial charge in [-0.25, -0.2) is 4.39 Å². The van der Waals surface area contributed by atoms with Crippen LogP contribution >= 0.6 is 11.6 Å². The first-order valence-corrected chi connectivity index (χ1v) is 11.5. The highest BCUT2D eigenvalue weighted by Crippen LogP contribution is 2.20. The second kappa shape index (κ2) is 11.1. The zero-order valence-electron chi connectivity index (χ0n) is 18.2. The summed E-state index contributed by atoms with van der Waals surface area (Å²) in [6, 6.07) is 12.4. The maximum Gasteiger partial charge on any atom is 0.246 e. The molecule has 2 saturated heterocycles. The van der Waals surface area contributed by atoms with Crippen molar-refractivity contribution in [2.24, 2.45) is 0 Å². The summed E-state index contributed by atoms with van der Waals surface area (Å²) in [5.74, 6) is -0.191. The summed E-state index contributed by atoms with van der Waals surface area (Å²) < 4.78 is 18.5. The second-order valence-corrected chi connectivity index (χ2v) is 8.73. The lowest BCUT2D eigenvalue weighted by Crippen LogP contribution is -2.47. The van der Waals surface area contributed by atoms with Crippen molar-refractivity contribution in [3.05, 3.63) is 76.1 Å². The Bertz CT molecular complexity index is 937. The maximum atomic E-state index is 13.1. The minimum atomic E-state index is -0.218. The lowest BCUT2D eigenvalue weighted by Gasteiger charge is -2.34. The van der Waals surface area contributed by atoms with Crippen LogP contribution in [0.2, 0.25) is 5.02 Å². The van der Waals surface area contributed by atoms with Gasteiger partial charge in [0.15, 0.2) is 0 Å². The average Bonchev–Trinajstić information content (AvgIpc) is 2.81. The van der Waals surface area contributed by atoms with E-state index in [0.29, 0.717) is 18.1 Å². The van der Waals surface area contributed by atoms with Gasteiger partial charge in [0.1, 0.15) is 5.82 Å². The Hall–Kier alpha value is -2.25. The molecule has 2 aliphatic rings. The third-order valence-corrected chi connectivity index (χ3v) is 6.25. The average molecular weight is 458 g/mol. The lowest BCUT2D eigenvalue weighted by atomic mass is 10.1. The van der Waals surface area contributed by atoms with E-state index in [1.807, 2.05) is 41.3 Å². The predicted molar refractivity (Wildman–Crippen MR) is 125 cm³/mol. The molecule has 2 aliphatic heterocycles. The van der Waals surface area contributed by atoms with Gasteiger partial charge in [-0.2, -0.15) is 0 Å².